The third-order valence-electron chi connectivity index (χ3n) is 11.8. The summed E-state index contributed by atoms with van der Waals surface area (Å²) in [7, 11) is 0. The second-order valence-electron chi connectivity index (χ2n) is 15.2. The van der Waals surface area contributed by atoms with Gasteiger partial charge in [0.1, 0.15) is 0 Å². The van der Waals surface area contributed by atoms with Crippen LogP contribution in [0.1, 0.15) is 18.4 Å². The summed E-state index contributed by atoms with van der Waals surface area (Å²) in [4.78, 5) is 2.35. The smallest absolute Gasteiger partial charge is 0.0541 e. The Morgan fingerprint density at radius 2 is 0.862 bits per heavy atom. The van der Waals surface area contributed by atoms with Crippen LogP contribution in [0, 0.1) is 0 Å². The first-order chi connectivity index (χ1) is 28.8. The fourth-order valence-corrected chi connectivity index (χ4v) is 9.16. The van der Waals surface area contributed by atoms with E-state index < -0.39 is 0 Å². The van der Waals surface area contributed by atoms with Gasteiger partial charge in [0.2, 0.25) is 0 Å². The molecule has 0 atom stereocenters. The first-order valence-corrected chi connectivity index (χ1v) is 20.3. The van der Waals surface area contributed by atoms with Gasteiger partial charge in [-0.05, 0) is 135 Å². The van der Waals surface area contributed by atoms with E-state index in [2.05, 4.69) is 228 Å². The first-order valence-electron chi connectivity index (χ1n) is 20.3. The van der Waals surface area contributed by atoms with E-state index in [1.54, 1.807) is 0 Å². The lowest BCUT2D eigenvalue weighted by Crippen LogP contribution is -2.09. The SMILES string of the molecule is C1=CC(c2c3ccccc3c(-c3ccc(N(c4ccccc4)c4ccc(-c5ccc6c(c5)c5ccccc5n6-c5ccccc5)cc4)cc3)c3ccccc23)=CCC1. The lowest BCUT2D eigenvalue weighted by molar-refractivity contribution is 1.04. The lowest BCUT2D eigenvalue weighted by atomic mass is 9.85. The van der Waals surface area contributed by atoms with Gasteiger partial charge in [-0.25, -0.2) is 0 Å². The Morgan fingerprint density at radius 3 is 1.48 bits per heavy atom. The molecule has 58 heavy (non-hydrogen) atoms. The summed E-state index contributed by atoms with van der Waals surface area (Å²) >= 11 is 0. The van der Waals surface area contributed by atoms with Gasteiger partial charge in [-0.15, -0.1) is 0 Å². The number of fused-ring (bicyclic) bond motifs is 5. The van der Waals surface area contributed by atoms with Crippen molar-refractivity contribution in [1.82, 2.24) is 4.57 Å². The fourth-order valence-electron chi connectivity index (χ4n) is 9.16. The molecule has 0 aliphatic heterocycles. The normalized spacial score (nSPS) is 12.7. The zero-order valence-corrected chi connectivity index (χ0v) is 32.1. The van der Waals surface area contributed by atoms with Crippen LogP contribution in [0.3, 0.4) is 0 Å². The molecule has 0 N–H and O–H groups in total. The Morgan fingerprint density at radius 1 is 0.362 bits per heavy atom. The molecule has 1 aromatic heterocycles. The predicted molar refractivity (Wildman–Crippen MR) is 248 cm³/mol. The molecule has 2 nitrogen and oxygen atoms in total. The van der Waals surface area contributed by atoms with Crippen molar-refractivity contribution in [3.63, 3.8) is 0 Å². The topological polar surface area (TPSA) is 8.17 Å². The molecule has 1 aliphatic carbocycles. The maximum absolute atomic E-state index is 2.40. The minimum atomic E-state index is 1.08. The number of allylic oxidation sites excluding steroid dienone is 4. The van der Waals surface area contributed by atoms with E-state index in [1.807, 2.05) is 0 Å². The Kier molecular flexibility index (Phi) is 8.33. The van der Waals surface area contributed by atoms with Gasteiger partial charge in [0.15, 0.2) is 0 Å². The van der Waals surface area contributed by atoms with Crippen LogP contribution in [0.15, 0.2) is 218 Å². The van der Waals surface area contributed by atoms with Crippen LogP contribution in [0.4, 0.5) is 17.1 Å². The molecule has 274 valence electrons. The van der Waals surface area contributed by atoms with E-state index in [0.717, 1.165) is 29.9 Å². The molecule has 2 heteroatoms. The third kappa shape index (κ3) is 5.73. The van der Waals surface area contributed by atoms with Crippen molar-refractivity contribution >= 4 is 66.0 Å². The lowest BCUT2D eigenvalue weighted by Gasteiger charge is -2.26. The summed E-state index contributed by atoms with van der Waals surface area (Å²) in [6.07, 6.45) is 9.20. The molecular weight excluding hydrogens is 701 g/mol. The predicted octanol–water partition coefficient (Wildman–Crippen LogP) is 15.6. The first kappa shape index (κ1) is 33.9. The van der Waals surface area contributed by atoms with Crippen molar-refractivity contribution in [2.75, 3.05) is 4.90 Å². The number of aromatic nitrogens is 1. The summed E-state index contributed by atoms with van der Waals surface area (Å²) in [5, 5.41) is 7.67. The van der Waals surface area contributed by atoms with E-state index in [9.17, 15) is 0 Å². The number of rotatable bonds is 7. The van der Waals surface area contributed by atoms with Gasteiger partial charge in [-0.3, -0.25) is 0 Å². The van der Waals surface area contributed by atoms with Gasteiger partial charge in [0, 0.05) is 33.5 Å². The van der Waals surface area contributed by atoms with Gasteiger partial charge in [0.05, 0.1) is 11.0 Å². The van der Waals surface area contributed by atoms with Crippen molar-refractivity contribution in [2.45, 2.75) is 12.8 Å². The maximum Gasteiger partial charge on any atom is 0.0541 e. The third-order valence-corrected chi connectivity index (χ3v) is 11.8. The highest BCUT2D eigenvalue weighted by Gasteiger charge is 2.19. The zero-order valence-electron chi connectivity index (χ0n) is 32.1. The van der Waals surface area contributed by atoms with Gasteiger partial charge in [0.25, 0.3) is 0 Å². The Hall–Kier alpha value is -7.42. The van der Waals surface area contributed by atoms with Crippen molar-refractivity contribution in [2.24, 2.45) is 0 Å². The summed E-state index contributed by atoms with van der Waals surface area (Å²) < 4.78 is 2.37. The highest BCUT2D eigenvalue weighted by Crippen LogP contribution is 2.44. The maximum atomic E-state index is 2.40. The number of nitrogens with zero attached hydrogens (tertiary/aromatic N) is 2. The Bertz CT molecular complexity index is 3130. The molecule has 1 heterocycles. The quantitative estimate of drug-likeness (QED) is 0.148. The molecule has 10 aromatic rings. The highest BCUT2D eigenvalue weighted by molar-refractivity contribution is 6.19. The van der Waals surface area contributed by atoms with Crippen molar-refractivity contribution in [1.29, 1.82) is 0 Å². The monoisotopic (exact) mass is 740 g/mol. The fraction of sp³-hybridized carbons (Fsp3) is 0.0357. The summed E-state index contributed by atoms with van der Waals surface area (Å²) in [5.41, 5.74) is 14.5. The molecule has 0 unspecified atom stereocenters. The number of anilines is 3. The molecule has 0 radical (unpaired) electrons. The van der Waals surface area contributed by atoms with Crippen LogP contribution < -0.4 is 4.90 Å². The van der Waals surface area contributed by atoms with Crippen LogP contribution in [-0.2, 0) is 0 Å². The van der Waals surface area contributed by atoms with Crippen LogP contribution in [0.2, 0.25) is 0 Å². The molecule has 0 saturated heterocycles. The second kappa shape index (κ2) is 14.3. The molecule has 0 amide bonds. The minimum absolute atomic E-state index is 1.08. The summed E-state index contributed by atoms with van der Waals surface area (Å²) in [5.74, 6) is 0. The molecule has 0 bridgehead atoms. The number of benzene rings is 9. The largest absolute Gasteiger partial charge is 0.311 e. The Balaban J connectivity index is 0.985. The standard InChI is InChI=1S/C56H40N2/c1-4-16-40(17-5-1)55-48-23-10-12-25-50(48)56(51-26-13-11-24-49(51)55)41-30-35-46(36-31-41)57(43-18-6-2-7-19-43)45-33-28-39(29-34-45)42-32-37-54-52(38-42)47-22-14-15-27-53(47)58(54)44-20-8-3-9-21-44/h2-4,6-38H,1,5H2. The zero-order chi connectivity index (χ0) is 38.4. The van der Waals surface area contributed by atoms with Crippen LogP contribution in [-0.4, -0.2) is 4.57 Å². The van der Waals surface area contributed by atoms with Crippen molar-refractivity contribution < 1.29 is 0 Å². The molecular formula is C56H40N2. The molecule has 1 aliphatic rings. The van der Waals surface area contributed by atoms with E-state index >= 15 is 0 Å². The number of hydrogen-bond donors (Lipinski definition) is 0. The molecule has 11 rings (SSSR count). The summed E-state index contributed by atoms with van der Waals surface area (Å²) in [6.45, 7) is 0. The molecule has 0 spiro atoms. The van der Waals surface area contributed by atoms with Gasteiger partial charge in [-0.1, -0.05) is 152 Å². The number of para-hydroxylation sites is 3. The number of hydrogen-bond acceptors (Lipinski definition) is 1. The molecule has 0 saturated carbocycles. The van der Waals surface area contributed by atoms with E-state index in [1.165, 1.54) is 82.4 Å². The minimum Gasteiger partial charge on any atom is -0.311 e. The second-order valence-corrected chi connectivity index (χ2v) is 15.2. The van der Waals surface area contributed by atoms with Gasteiger partial charge < -0.3 is 9.47 Å². The van der Waals surface area contributed by atoms with E-state index in [0.29, 0.717) is 0 Å². The van der Waals surface area contributed by atoms with Crippen LogP contribution in [0.25, 0.3) is 76.9 Å². The Labute approximate surface area is 338 Å². The van der Waals surface area contributed by atoms with Crippen LogP contribution >= 0.6 is 0 Å². The average Bonchev–Trinajstić information content (AvgIpc) is 3.63. The average molecular weight is 741 g/mol. The highest BCUT2D eigenvalue weighted by atomic mass is 15.1. The van der Waals surface area contributed by atoms with Crippen molar-refractivity contribution in [3.05, 3.63) is 224 Å². The molecule has 0 fully saturated rings. The van der Waals surface area contributed by atoms with Gasteiger partial charge in [-0.2, -0.15) is 0 Å². The van der Waals surface area contributed by atoms with E-state index in [4.69, 9.17) is 0 Å². The summed E-state index contributed by atoms with van der Waals surface area (Å²) in [6, 6.07) is 72.9. The molecule has 9 aromatic carbocycles. The van der Waals surface area contributed by atoms with Crippen LogP contribution in [0.5, 0.6) is 0 Å². The van der Waals surface area contributed by atoms with Crippen molar-refractivity contribution in [3.8, 4) is 27.9 Å². The van der Waals surface area contributed by atoms with Gasteiger partial charge >= 0.3 is 0 Å². The van der Waals surface area contributed by atoms with E-state index in [-0.39, 0.29) is 0 Å².